The van der Waals surface area contributed by atoms with Crippen LogP contribution in [0.15, 0.2) is 41.2 Å². The van der Waals surface area contributed by atoms with E-state index in [1.54, 1.807) is 12.1 Å². The molecule has 112 valence electrons. The molecule has 1 aromatic carbocycles. The molecule has 0 atom stereocenters. The largest absolute Gasteiger partial charge is 0.478 e. The number of anilines is 1. The molecule has 2 N–H and O–H groups in total. The van der Waals surface area contributed by atoms with Gasteiger partial charge in [-0.25, -0.2) is 13.2 Å². The molecule has 1 aromatic heterocycles. The van der Waals surface area contributed by atoms with Crippen LogP contribution in [0.3, 0.4) is 0 Å². The number of thiophene rings is 1. The van der Waals surface area contributed by atoms with Crippen LogP contribution >= 0.6 is 59.1 Å². The molecule has 0 bridgehead atoms. The van der Waals surface area contributed by atoms with Crippen molar-refractivity contribution in [2.75, 3.05) is 4.72 Å². The Morgan fingerprint density at radius 1 is 1.19 bits per heavy atom. The van der Waals surface area contributed by atoms with Gasteiger partial charge in [0.2, 0.25) is 0 Å². The van der Waals surface area contributed by atoms with E-state index in [0.717, 1.165) is 11.3 Å². The van der Waals surface area contributed by atoms with Crippen LogP contribution in [0.1, 0.15) is 10.4 Å². The van der Waals surface area contributed by atoms with Crippen LogP contribution in [-0.2, 0) is 10.0 Å². The summed E-state index contributed by atoms with van der Waals surface area (Å²) >= 11 is 10.6. The first-order valence-electron chi connectivity index (χ1n) is 5.21. The molecular weight excluding hydrogens is 514 g/mol. The van der Waals surface area contributed by atoms with Gasteiger partial charge in [0.1, 0.15) is 4.21 Å². The average molecular weight is 520 g/mol. The van der Waals surface area contributed by atoms with Gasteiger partial charge in [-0.2, -0.15) is 0 Å². The summed E-state index contributed by atoms with van der Waals surface area (Å²) in [5.41, 5.74) is -0.175. The summed E-state index contributed by atoms with van der Waals surface area (Å²) in [6.07, 6.45) is 0. The zero-order chi connectivity index (χ0) is 15.8. The van der Waals surface area contributed by atoms with E-state index in [1.165, 1.54) is 12.1 Å². The van der Waals surface area contributed by atoms with Crippen molar-refractivity contribution >= 4 is 80.8 Å². The maximum Gasteiger partial charge on any atom is 0.337 e. The van der Waals surface area contributed by atoms with Crippen molar-refractivity contribution in [1.82, 2.24) is 0 Å². The number of hydrogen-bond acceptors (Lipinski definition) is 4. The summed E-state index contributed by atoms with van der Waals surface area (Å²) in [5.74, 6) is -1.23. The van der Waals surface area contributed by atoms with Crippen LogP contribution in [0.25, 0.3) is 0 Å². The van der Waals surface area contributed by atoms with E-state index in [1.807, 2.05) is 0 Å². The van der Waals surface area contributed by atoms with Gasteiger partial charge in [-0.1, -0.05) is 15.9 Å². The number of rotatable bonds is 4. The zero-order valence-corrected chi connectivity index (χ0v) is 16.3. The fourth-order valence-electron chi connectivity index (χ4n) is 1.47. The predicted molar refractivity (Wildman–Crippen MR) is 91.6 cm³/mol. The molecule has 10 heteroatoms. The summed E-state index contributed by atoms with van der Waals surface area (Å²) in [4.78, 5) is 11.3. The van der Waals surface area contributed by atoms with Crippen molar-refractivity contribution in [2.24, 2.45) is 0 Å². The number of sulfonamides is 1. The topological polar surface area (TPSA) is 83.5 Å². The summed E-state index contributed by atoms with van der Waals surface area (Å²) in [6, 6.07) is 5.93. The number of carboxylic acid groups (broad SMARTS) is 1. The third-order valence-corrected chi connectivity index (χ3v) is 6.88. The number of carbonyl (C=O) groups is 1. The zero-order valence-electron chi connectivity index (χ0n) is 9.93. The lowest BCUT2D eigenvalue weighted by molar-refractivity contribution is 0.0698. The lowest BCUT2D eigenvalue weighted by atomic mass is 10.2. The smallest absolute Gasteiger partial charge is 0.337 e. The van der Waals surface area contributed by atoms with E-state index in [4.69, 9.17) is 0 Å². The highest BCUT2D eigenvalue weighted by Gasteiger charge is 2.22. The van der Waals surface area contributed by atoms with E-state index in [-0.39, 0.29) is 15.5 Å². The Hall–Kier alpha value is -0.420. The van der Waals surface area contributed by atoms with Gasteiger partial charge in [0.05, 0.1) is 15.0 Å². The molecule has 1 heterocycles. The number of hydrogen-bond donors (Lipinski definition) is 2. The monoisotopic (exact) mass is 517 g/mol. The molecule has 0 spiro atoms. The van der Waals surface area contributed by atoms with Gasteiger partial charge < -0.3 is 5.11 Å². The third-order valence-electron chi connectivity index (χ3n) is 2.34. The predicted octanol–water partition coefficient (Wildman–Crippen LogP) is 4.53. The first-order valence-corrected chi connectivity index (χ1v) is 9.89. The average Bonchev–Trinajstić information content (AvgIpc) is 2.79. The molecular formula is C11H6Br3NO4S2. The quantitative estimate of drug-likeness (QED) is 0.621. The molecule has 0 unspecified atom stereocenters. The minimum Gasteiger partial charge on any atom is -0.478 e. The number of benzene rings is 1. The van der Waals surface area contributed by atoms with Gasteiger partial charge >= 0.3 is 5.97 Å². The van der Waals surface area contributed by atoms with Crippen LogP contribution in [0.4, 0.5) is 5.69 Å². The van der Waals surface area contributed by atoms with E-state index in [2.05, 4.69) is 52.5 Å². The van der Waals surface area contributed by atoms with Crippen molar-refractivity contribution in [3.05, 3.63) is 42.6 Å². The van der Waals surface area contributed by atoms with Crippen molar-refractivity contribution in [3.8, 4) is 0 Å². The van der Waals surface area contributed by atoms with Gasteiger partial charge in [-0.05, 0) is 56.1 Å². The van der Waals surface area contributed by atoms with Gasteiger partial charge in [0, 0.05) is 8.95 Å². The SMILES string of the molecule is O=C(O)c1cc(Br)cc(Br)c1NS(=O)(=O)c1ccc(Br)s1. The molecule has 21 heavy (non-hydrogen) atoms. The van der Waals surface area contributed by atoms with Crippen molar-refractivity contribution in [1.29, 1.82) is 0 Å². The summed E-state index contributed by atoms with van der Waals surface area (Å²) < 4.78 is 28.5. The Morgan fingerprint density at radius 3 is 2.38 bits per heavy atom. The van der Waals surface area contributed by atoms with Crippen LogP contribution in [0, 0.1) is 0 Å². The first kappa shape index (κ1) is 16.9. The molecule has 2 aromatic rings. The minimum atomic E-state index is -3.85. The Morgan fingerprint density at radius 2 is 1.86 bits per heavy atom. The molecule has 0 saturated heterocycles. The fourth-order valence-corrected chi connectivity index (χ4v) is 6.04. The van der Waals surface area contributed by atoms with E-state index in [0.29, 0.717) is 12.7 Å². The van der Waals surface area contributed by atoms with Crippen molar-refractivity contribution < 1.29 is 18.3 Å². The maximum atomic E-state index is 12.3. The van der Waals surface area contributed by atoms with Gasteiger partial charge in [-0.15, -0.1) is 11.3 Å². The van der Waals surface area contributed by atoms with Gasteiger partial charge in [0.25, 0.3) is 10.0 Å². The standard InChI is InChI=1S/C11H6Br3NO4S2/c12-5-3-6(11(16)17)10(7(13)4-5)15-21(18,19)9-2-1-8(14)20-9/h1-4,15H,(H,16,17). The molecule has 0 radical (unpaired) electrons. The first-order chi connectivity index (χ1) is 9.70. The maximum absolute atomic E-state index is 12.3. The Labute approximate surface area is 149 Å². The Balaban J connectivity index is 2.51. The van der Waals surface area contributed by atoms with Gasteiger partial charge in [0.15, 0.2) is 0 Å². The summed E-state index contributed by atoms with van der Waals surface area (Å²) in [5, 5.41) is 9.20. The molecule has 0 aliphatic rings. The fraction of sp³-hybridized carbons (Fsp3) is 0. The van der Waals surface area contributed by atoms with Crippen molar-refractivity contribution in [2.45, 2.75) is 4.21 Å². The van der Waals surface area contributed by atoms with E-state index in [9.17, 15) is 18.3 Å². The molecule has 5 nitrogen and oxygen atoms in total. The number of carboxylic acids is 1. The van der Waals surface area contributed by atoms with Crippen LogP contribution in [0.5, 0.6) is 0 Å². The third kappa shape index (κ3) is 3.86. The molecule has 0 aliphatic carbocycles. The van der Waals surface area contributed by atoms with Crippen molar-refractivity contribution in [3.63, 3.8) is 0 Å². The number of aromatic carboxylic acids is 1. The Bertz CT molecular complexity index is 817. The minimum absolute atomic E-state index is 0.0183. The van der Waals surface area contributed by atoms with Crippen LogP contribution < -0.4 is 4.72 Å². The molecule has 0 saturated carbocycles. The number of nitrogens with one attached hydrogen (secondary N) is 1. The summed E-state index contributed by atoms with van der Waals surface area (Å²) in [7, 11) is -3.85. The summed E-state index contributed by atoms with van der Waals surface area (Å²) in [6.45, 7) is 0. The molecule has 0 amide bonds. The lowest BCUT2D eigenvalue weighted by Gasteiger charge is -2.12. The Kier molecular flexibility index (Phi) is 5.14. The molecule has 0 aliphatic heterocycles. The lowest BCUT2D eigenvalue weighted by Crippen LogP contribution is -2.15. The van der Waals surface area contributed by atoms with E-state index < -0.39 is 16.0 Å². The highest BCUT2D eigenvalue weighted by Crippen LogP contribution is 2.34. The highest BCUT2D eigenvalue weighted by atomic mass is 79.9. The number of halogens is 3. The van der Waals surface area contributed by atoms with Crippen LogP contribution in [0.2, 0.25) is 0 Å². The second kappa shape index (κ2) is 6.37. The van der Waals surface area contributed by atoms with Gasteiger partial charge in [-0.3, -0.25) is 4.72 Å². The second-order valence-electron chi connectivity index (χ2n) is 3.78. The highest BCUT2D eigenvalue weighted by molar-refractivity contribution is 9.11. The second-order valence-corrected chi connectivity index (χ2v) is 9.92. The molecule has 0 fully saturated rings. The van der Waals surface area contributed by atoms with Crippen LogP contribution in [-0.4, -0.2) is 19.5 Å². The normalized spacial score (nSPS) is 11.4. The molecule has 2 rings (SSSR count). The van der Waals surface area contributed by atoms with E-state index >= 15 is 0 Å².